The Morgan fingerprint density at radius 3 is 1.00 bits per heavy atom. The van der Waals surface area contributed by atoms with Gasteiger partial charge < -0.3 is 13.2 Å². The molecule has 0 saturated heterocycles. The Balaban J connectivity index is -0.00000000833. The van der Waals surface area contributed by atoms with Gasteiger partial charge >= 0.3 is 0 Å². The standard InChI is InChI=1S/C5H12N.3CH4.CH3.U.V/c1-4(2)5(3)6;;;;;;/h4-6H,1-3H3;3*1H4;1H3;;/q-1;;;;-1;;. The molecule has 1 N–H and O–H groups in total. The Labute approximate surface area is 117 Å². The van der Waals surface area contributed by atoms with Crippen molar-refractivity contribution in [2.24, 2.45) is 5.92 Å². The molecule has 0 aromatic heterocycles. The van der Waals surface area contributed by atoms with E-state index in [1.807, 2.05) is 6.92 Å². The van der Waals surface area contributed by atoms with Crippen LogP contribution in [0.5, 0.6) is 0 Å². The fourth-order valence-corrected chi connectivity index (χ4v) is 0. The normalized spacial score (nSPS) is 7.75. The molecule has 0 spiro atoms. The summed E-state index contributed by atoms with van der Waals surface area (Å²) in [6.07, 6.45) is 0. The first-order valence-electron chi connectivity index (χ1n) is 2.35. The van der Waals surface area contributed by atoms with Crippen molar-refractivity contribution in [3.63, 3.8) is 0 Å². The first-order valence-corrected chi connectivity index (χ1v) is 2.35. The molecule has 0 aliphatic carbocycles. The fraction of sp³-hybridized carbons (Fsp3) is 0.889. The van der Waals surface area contributed by atoms with E-state index in [9.17, 15) is 0 Å². The Morgan fingerprint density at radius 2 is 1.00 bits per heavy atom. The van der Waals surface area contributed by atoms with Crippen LogP contribution >= 0.6 is 0 Å². The van der Waals surface area contributed by atoms with Gasteiger partial charge in [-0.2, -0.15) is 0 Å². The van der Waals surface area contributed by atoms with Crippen molar-refractivity contribution < 1.29 is 49.7 Å². The molecule has 0 aromatic rings. The van der Waals surface area contributed by atoms with Crippen LogP contribution in [0.15, 0.2) is 0 Å². The van der Waals surface area contributed by atoms with E-state index in [-0.39, 0.29) is 85.4 Å². The van der Waals surface area contributed by atoms with Crippen LogP contribution in [0.3, 0.4) is 0 Å². The van der Waals surface area contributed by atoms with Crippen LogP contribution in [-0.4, -0.2) is 6.04 Å². The summed E-state index contributed by atoms with van der Waals surface area (Å²) >= 11 is 0. The van der Waals surface area contributed by atoms with Gasteiger partial charge in [0.05, 0.1) is 0 Å². The van der Waals surface area contributed by atoms with Gasteiger partial charge in [-0.1, -0.05) is 49.0 Å². The molecule has 1 unspecified atom stereocenters. The Hall–Kier alpha value is 1.60. The zero-order valence-electron chi connectivity index (χ0n) is 6.60. The minimum Gasteiger partial charge on any atom is -0.675 e. The van der Waals surface area contributed by atoms with Gasteiger partial charge in [-0.25, -0.2) is 0 Å². The summed E-state index contributed by atoms with van der Waals surface area (Å²) in [7, 11) is 0. The Kier molecular flexibility index (Phi) is 121. The van der Waals surface area contributed by atoms with Crippen LogP contribution in [0.4, 0.5) is 0 Å². The molecule has 0 saturated carbocycles. The summed E-state index contributed by atoms with van der Waals surface area (Å²) in [6.45, 7) is 6.01. The Morgan fingerprint density at radius 1 is 0.917 bits per heavy atom. The minimum absolute atomic E-state index is 0. The number of rotatable bonds is 1. The summed E-state index contributed by atoms with van der Waals surface area (Å²) < 4.78 is 0. The molecule has 0 bridgehead atoms. The summed E-state index contributed by atoms with van der Waals surface area (Å²) in [5.74, 6) is 0.519. The molecule has 1 atom stereocenters. The van der Waals surface area contributed by atoms with Crippen LogP contribution in [0.25, 0.3) is 5.73 Å². The number of nitrogens with one attached hydrogen (secondary N) is 1. The van der Waals surface area contributed by atoms with Crippen molar-refractivity contribution in [3.8, 4) is 0 Å². The molecule has 0 heterocycles. The maximum absolute atomic E-state index is 7.03. The van der Waals surface area contributed by atoms with Crippen LogP contribution in [0.2, 0.25) is 0 Å². The van der Waals surface area contributed by atoms with E-state index in [0.717, 1.165) is 0 Å². The monoisotopic (exact) mass is 438 g/mol. The van der Waals surface area contributed by atoms with Gasteiger partial charge in [0, 0.05) is 49.7 Å². The van der Waals surface area contributed by atoms with Crippen molar-refractivity contribution in [1.82, 2.24) is 0 Å². The van der Waals surface area contributed by atoms with Crippen molar-refractivity contribution in [2.75, 3.05) is 0 Å². The Bertz CT molecular complexity index is 35.5. The number of hydrogen-bond donors (Lipinski definition) is 0. The molecular formula is C9H27NUV-2. The first-order chi connectivity index (χ1) is 2.64. The first kappa shape index (κ1) is 49.6. The SMILES string of the molecule is C.C.C.CC(C)C(C)[NH-].[CH3-].[U].[V]. The van der Waals surface area contributed by atoms with Crippen LogP contribution in [0.1, 0.15) is 43.1 Å². The summed E-state index contributed by atoms with van der Waals surface area (Å²) in [6, 6.07) is 0.102. The van der Waals surface area contributed by atoms with Crippen molar-refractivity contribution >= 4 is 0 Å². The summed E-state index contributed by atoms with van der Waals surface area (Å²) in [4.78, 5) is 0. The molecule has 0 aliphatic heterocycles. The molecule has 0 fully saturated rings. The fourth-order valence-electron chi connectivity index (χ4n) is 0. The third-order valence-electron chi connectivity index (χ3n) is 1.00. The molecule has 0 rings (SSSR count). The van der Waals surface area contributed by atoms with E-state index < -0.39 is 0 Å². The quantitative estimate of drug-likeness (QED) is 0.541. The predicted octanol–water partition coefficient (Wildman–Crippen LogP) is 4.44. The maximum Gasteiger partial charge on any atom is 0 e. The van der Waals surface area contributed by atoms with Crippen LogP contribution in [0, 0.1) is 44.5 Å². The van der Waals surface area contributed by atoms with Crippen molar-refractivity contribution in [1.29, 1.82) is 0 Å². The maximum atomic E-state index is 7.03. The van der Waals surface area contributed by atoms with E-state index in [2.05, 4.69) is 13.8 Å². The van der Waals surface area contributed by atoms with E-state index in [0.29, 0.717) is 5.92 Å². The molecule has 3 heteroatoms. The summed E-state index contributed by atoms with van der Waals surface area (Å²) in [5, 5.41) is 0. The average Bonchev–Trinajstić information content (AvgIpc) is 1.36. The molecule has 1 nitrogen and oxygen atoms in total. The van der Waals surface area contributed by atoms with Gasteiger partial charge in [0.25, 0.3) is 0 Å². The van der Waals surface area contributed by atoms with Gasteiger partial charge in [0.2, 0.25) is 0 Å². The van der Waals surface area contributed by atoms with Crippen LogP contribution < -0.4 is 0 Å². The zero-order valence-corrected chi connectivity index (χ0v) is 12.2. The third kappa shape index (κ3) is 41.6. The predicted molar refractivity (Wildman–Crippen MR) is 55.2 cm³/mol. The second kappa shape index (κ2) is 29.4. The zero-order chi connectivity index (χ0) is 5.15. The van der Waals surface area contributed by atoms with E-state index >= 15 is 0 Å². The van der Waals surface area contributed by atoms with E-state index in [1.165, 1.54) is 0 Å². The van der Waals surface area contributed by atoms with E-state index in [4.69, 9.17) is 5.73 Å². The van der Waals surface area contributed by atoms with Gasteiger partial charge in [-0.05, 0) is 0 Å². The number of hydrogen-bond acceptors (Lipinski definition) is 0. The van der Waals surface area contributed by atoms with Gasteiger partial charge in [-0.15, -0.1) is 6.04 Å². The topological polar surface area (TPSA) is 23.8 Å². The molecule has 0 amide bonds. The molecule has 0 aromatic carbocycles. The van der Waals surface area contributed by atoms with Gasteiger partial charge in [-0.3, -0.25) is 0 Å². The minimum atomic E-state index is 0. The summed E-state index contributed by atoms with van der Waals surface area (Å²) in [5.41, 5.74) is 7.03. The average molecular weight is 438 g/mol. The van der Waals surface area contributed by atoms with Crippen molar-refractivity contribution in [3.05, 3.63) is 13.2 Å². The smallest absolute Gasteiger partial charge is 0 e. The van der Waals surface area contributed by atoms with Gasteiger partial charge in [0.15, 0.2) is 0 Å². The molecule has 79 valence electrons. The second-order valence-corrected chi connectivity index (χ2v) is 2.03. The molecule has 1 radical (unpaired) electrons. The molecule has 12 heavy (non-hydrogen) atoms. The van der Waals surface area contributed by atoms with Crippen molar-refractivity contribution in [2.45, 2.75) is 49.1 Å². The van der Waals surface area contributed by atoms with Gasteiger partial charge in [0.1, 0.15) is 0 Å². The van der Waals surface area contributed by atoms with Crippen LogP contribution in [-0.2, 0) is 18.6 Å². The molecule has 0 aliphatic rings. The molecular weight excluding hydrogens is 411 g/mol. The van der Waals surface area contributed by atoms with E-state index in [1.54, 1.807) is 0 Å². The third-order valence-corrected chi connectivity index (χ3v) is 1.00. The largest absolute Gasteiger partial charge is 0.675 e. The second-order valence-electron chi connectivity index (χ2n) is 2.03.